The van der Waals surface area contributed by atoms with Gasteiger partial charge in [0.2, 0.25) is 0 Å². The van der Waals surface area contributed by atoms with E-state index in [2.05, 4.69) is 43.8 Å². The Labute approximate surface area is 178 Å². The molecule has 158 valence electrons. The van der Waals surface area contributed by atoms with Crippen molar-refractivity contribution >= 4 is 17.2 Å². The van der Waals surface area contributed by atoms with Crippen LogP contribution in [0.4, 0.5) is 5.82 Å². The Morgan fingerprint density at radius 2 is 1.77 bits per heavy atom. The lowest BCUT2D eigenvalue weighted by Crippen LogP contribution is -2.47. The Morgan fingerprint density at radius 1 is 1.00 bits per heavy atom. The molecule has 1 aliphatic heterocycles. The van der Waals surface area contributed by atoms with Crippen LogP contribution in [0, 0.1) is 0 Å². The third kappa shape index (κ3) is 4.83. The molecule has 0 unspecified atom stereocenters. The molecule has 1 saturated heterocycles. The minimum atomic E-state index is -0.0307. The van der Waals surface area contributed by atoms with Crippen molar-refractivity contribution < 1.29 is 9.53 Å². The Hall–Kier alpha value is -2.83. The lowest BCUT2D eigenvalue weighted by Gasteiger charge is -2.35. The molecule has 1 aliphatic rings. The normalized spacial score (nSPS) is 14.9. The minimum absolute atomic E-state index is 0.0307. The molecular formula is C24H30N4O2. The van der Waals surface area contributed by atoms with Crippen molar-refractivity contribution in [1.29, 1.82) is 0 Å². The van der Waals surface area contributed by atoms with Crippen molar-refractivity contribution in [2.45, 2.75) is 6.42 Å². The zero-order chi connectivity index (χ0) is 20.8. The molecule has 0 radical (unpaired) electrons. The third-order valence-corrected chi connectivity index (χ3v) is 5.74. The molecule has 1 N–H and O–H groups in total. The van der Waals surface area contributed by atoms with Gasteiger partial charge in [0.1, 0.15) is 5.82 Å². The number of nitrogens with one attached hydrogen (secondary N) is 1. The van der Waals surface area contributed by atoms with Gasteiger partial charge in [-0.2, -0.15) is 0 Å². The van der Waals surface area contributed by atoms with Crippen LogP contribution >= 0.6 is 0 Å². The van der Waals surface area contributed by atoms with Gasteiger partial charge >= 0.3 is 0 Å². The van der Waals surface area contributed by atoms with Gasteiger partial charge in [-0.3, -0.25) is 9.69 Å². The van der Waals surface area contributed by atoms with E-state index in [-0.39, 0.29) is 5.91 Å². The summed E-state index contributed by atoms with van der Waals surface area (Å²) >= 11 is 0. The van der Waals surface area contributed by atoms with E-state index < -0.39 is 0 Å². The lowest BCUT2D eigenvalue weighted by molar-refractivity contribution is 0.0953. The van der Waals surface area contributed by atoms with Crippen LogP contribution in [0.1, 0.15) is 15.9 Å². The monoisotopic (exact) mass is 406 g/mol. The number of pyridine rings is 1. The fourth-order valence-corrected chi connectivity index (χ4v) is 3.97. The second kappa shape index (κ2) is 9.78. The summed E-state index contributed by atoms with van der Waals surface area (Å²) in [6.45, 7) is 6.38. The zero-order valence-corrected chi connectivity index (χ0v) is 17.6. The molecule has 3 heterocycles. The maximum absolute atomic E-state index is 12.7. The van der Waals surface area contributed by atoms with Gasteiger partial charge in [0, 0.05) is 58.1 Å². The number of hydrogen-bond donors (Lipinski definition) is 1. The number of carbonyl (C=O) groups is 1. The smallest absolute Gasteiger partial charge is 0.252 e. The van der Waals surface area contributed by atoms with Gasteiger partial charge in [0.15, 0.2) is 0 Å². The number of amides is 1. The number of ether oxygens (including phenoxy) is 1. The first-order valence-corrected chi connectivity index (χ1v) is 10.6. The van der Waals surface area contributed by atoms with Gasteiger partial charge in [-0.15, -0.1) is 0 Å². The van der Waals surface area contributed by atoms with Gasteiger partial charge in [-0.1, -0.05) is 30.3 Å². The molecule has 0 saturated carbocycles. The number of anilines is 1. The number of benzene rings is 1. The van der Waals surface area contributed by atoms with Crippen LogP contribution in [0.5, 0.6) is 0 Å². The van der Waals surface area contributed by atoms with E-state index >= 15 is 0 Å². The Balaban J connectivity index is 1.39. The number of rotatable bonds is 8. The van der Waals surface area contributed by atoms with Crippen molar-refractivity contribution in [3.63, 3.8) is 0 Å². The fraction of sp³-hybridized carbons (Fsp3) is 0.375. The van der Waals surface area contributed by atoms with Crippen LogP contribution in [0.25, 0.3) is 5.52 Å². The van der Waals surface area contributed by atoms with Gasteiger partial charge in [0.25, 0.3) is 5.91 Å². The van der Waals surface area contributed by atoms with E-state index in [4.69, 9.17) is 4.74 Å². The average molecular weight is 407 g/mol. The van der Waals surface area contributed by atoms with Crippen LogP contribution in [-0.4, -0.2) is 68.2 Å². The van der Waals surface area contributed by atoms with Crippen molar-refractivity contribution in [3.8, 4) is 0 Å². The number of fused-ring (bicyclic) bond motifs is 1. The van der Waals surface area contributed by atoms with Gasteiger partial charge in [-0.25, -0.2) is 0 Å². The molecule has 1 amide bonds. The first-order chi connectivity index (χ1) is 14.7. The quantitative estimate of drug-likeness (QED) is 0.625. The predicted molar refractivity (Wildman–Crippen MR) is 120 cm³/mol. The van der Waals surface area contributed by atoms with E-state index in [1.807, 2.05) is 36.5 Å². The topological polar surface area (TPSA) is 49.2 Å². The molecule has 4 rings (SSSR count). The molecule has 1 aromatic carbocycles. The van der Waals surface area contributed by atoms with Crippen molar-refractivity contribution in [3.05, 3.63) is 71.9 Å². The van der Waals surface area contributed by atoms with Gasteiger partial charge in [-0.05, 0) is 36.2 Å². The second-order valence-corrected chi connectivity index (χ2v) is 7.72. The highest BCUT2D eigenvalue weighted by atomic mass is 16.5. The molecule has 2 aromatic heterocycles. The summed E-state index contributed by atoms with van der Waals surface area (Å²) in [6.07, 6.45) is 2.79. The highest BCUT2D eigenvalue weighted by molar-refractivity contribution is 5.94. The van der Waals surface area contributed by atoms with Crippen LogP contribution in [-0.2, 0) is 11.2 Å². The van der Waals surface area contributed by atoms with E-state index in [1.54, 1.807) is 7.11 Å². The Kier molecular flexibility index (Phi) is 6.67. The SMILES string of the molecule is COCCN1CCN(c2ccc3ccc(C(=O)NCCc4ccccc4)cn23)CC1. The minimum Gasteiger partial charge on any atom is -0.383 e. The van der Waals surface area contributed by atoms with Crippen molar-refractivity contribution in [1.82, 2.24) is 14.6 Å². The standard InChI is InChI=1S/C24H30N4O2/c1-30-18-17-26-13-15-27(16-14-26)23-10-9-22-8-7-21(19-28(22)23)24(29)25-12-11-20-5-3-2-4-6-20/h2-10,19H,11-18H2,1H3,(H,25,29). The molecule has 6 nitrogen and oxygen atoms in total. The summed E-state index contributed by atoms with van der Waals surface area (Å²) < 4.78 is 7.33. The molecule has 0 spiro atoms. The second-order valence-electron chi connectivity index (χ2n) is 7.72. The first kappa shape index (κ1) is 20.4. The summed E-state index contributed by atoms with van der Waals surface area (Å²) in [5, 5.41) is 3.04. The Bertz CT molecular complexity index is 962. The highest BCUT2D eigenvalue weighted by Crippen LogP contribution is 2.22. The number of piperazine rings is 1. The van der Waals surface area contributed by atoms with Crippen LogP contribution < -0.4 is 10.2 Å². The van der Waals surface area contributed by atoms with Crippen LogP contribution in [0.2, 0.25) is 0 Å². The predicted octanol–water partition coefficient (Wildman–Crippen LogP) is 2.68. The van der Waals surface area contributed by atoms with Crippen LogP contribution in [0.3, 0.4) is 0 Å². The summed E-state index contributed by atoms with van der Waals surface area (Å²) in [7, 11) is 1.75. The third-order valence-electron chi connectivity index (χ3n) is 5.74. The Morgan fingerprint density at radius 3 is 2.53 bits per heavy atom. The fourth-order valence-electron chi connectivity index (χ4n) is 3.97. The van der Waals surface area contributed by atoms with Crippen molar-refractivity contribution in [2.75, 3.05) is 57.9 Å². The maximum Gasteiger partial charge on any atom is 0.252 e. The maximum atomic E-state index is 12.7. The summed E-state index contributed by atoms with van der Waals surface area (Å²) in [5.41, 5.74) is 3.02. The van der Waals surface area contributed by atoms with Crippen LogP contribution in [0.15, 0.2) is 60.8 Å². The summed E-state index contributed by atoms with van der Waals surface area (Å²) in [6, 6.07) is 18.4. The van der Waals surface area contributed by atoms with E-state index in [9.17, 15) is 4.79 Å². The van der Waals surface area contributed by atoms with Gasteiger partial charge in [0.05, 0.1) is 12.2 Å². The highest BCUT2D eigenvalue weighted by Gasteiger charge is 2.19. The largest absolute Gasteiger partial charge is 0.383 e. The van der Waals surface area contributed by atoms with Gasteiger partial charge < -0.3 is 19.4 Å². The average Bonchev–Trinajstić information content (AvgIpc) is 3.22. The molecular weight excluding hydrogens is 376 g/mol. The summed E-state index contributed by atoms with van der Waals surface area (Å²) in [4.78, 5) is 17.5. The summed E-state index contributed by atoms with van der Waals surface area (Å²) in [5.74, 6) is 1.12. The number of aromatic nitrogens is 1. The van der Waals surface area contributed by atoms with Crippen molar-refractivity contribution in [2.24, 2.45) is 0 Å². The number of hydrogen-bond acceptors (Lipinski definition) is 4. The number of carbonyl (C=O) groups excluding carboxylic acids is 1. The first-order valence-electron chi connectivity index (χ1n) is 10.6. The number of nitrogens with zero attached hydrogens (tertiary/aromatic N) is 3. The van der Waals surface area contributed by atoms with E-state index in [1.165, 1.54) is 5.56 Å². The van der Waals surface area contributed by atoms with E-state index in [0.29, 0.717) is 12.1 Å². The molecule has 0 aliphatic carbocycles. The molecule has 0 atom stereocenters. The van der Waals surface area contributed by atoms with E-state index in [0.717, 1.165) is 57.1 Å². The molecule has 1 fully saturated rings. The lowest BCUT2D eigenvalue weighted by atomic mass is 10.1. The molecule has 0 bridgehead atoms. The molecule has 3 aromatic rings. The molecule has 6 heteroatoms. The zero-order valence-electron chi connectivity index (χ0n) is 17.6. The molecule has 30 heavy (non-hydrogen) atoms. The number of methoxy groups -OCH3 is 1.